The zero-order chi connectivity index (χ0) is 18.4. The van der Waals surface area contributed by atoms with Gasteiger partial charge in [0, 0.05) is 16.8 Å². The van der Waals surface area contributed by atoms with E-state index in [9.17, 15) is 4.79 Å². The lowest BCUT2D eigenvalue weighted by atomic mass is 10.2. The third kappa shape index (κ3) is 4.94. The standard InChI is InChI=1S/C18H17ClN6O/c19-14-7-5-13(6-8-14)17(26)24-16(12-3-4-12)25-18(22-11-20)23-15-2-1-9-21-10-15/h1-2,5-10,12,16H,3-4H2,(H,24,26)(H2,22,23,25). The lowest BCUT2D eigenvalue weighted by Crippen LogP contribution is -2.38. The fourth-order valence-electron chi connectivity index (χ4n) is 2.35. The molecule has 1 atom stereocenters. The average Bonchev–Trinajstić information content (AvgIpc) is 3.48. The molecular weight excluding hydrogens is 352 g/mol. The Bertz CT molecular complexity index is 827. The first-order chi connectivity index (χ1) is 12.7. The number of benzene rings is 1. The van der Waals surface area contributed by atoms with Gasteiger partial charge in [-0.05, 0) is 55.2 Å². The number of hydrogen-bond donors (Lipinski definition) is 3. The Balaban J connectivity index is 1.75. The van der Waals surface area contributed by atoms with Gasteiger partial charge in [-0.3, -0.25) is 15.1 Å². The maximum atomic E-state index is 12.5. The molecule has 1 saturated carbocycles. The summed E-state index contributed by atoms with van der Waals surface area (Å²) in [6.07, 6.45) is 6.64. The highest BCUT2D eigenvalue weighted by atomic mass is 35.5. The second-order valence-electron chi connectivity index (χ2n) is 5.84. The molecule has 0 saturated heterocycles. The minimum atomic E-state index is -0.432. The van der Waals surface area contributed by atoms with Gasteiger partial charge in [0.15, 0.2) is 6.19 Å². The third-order valence-corrected chi connectivity index (χ3v) is 4.07. The largest absolute Gasteiger partial charge is 0.330 e. The maximum Gasteiger partial charge on any atom is 0.252 e. The molecule has 1 aromatic carbocycles. The van der Waals surface area contributed by atoms with Gasteiger partial charge in [0.25, 0.3) is 5.91 Å². The number of nitrogens with zero attached hydrogens (tertiary/aromatic N) is 3. The Labute approximate surface area is 156 Å². The van der Waals surface area contributed by atoms with Gasteiger partial charge in [-0.15, -0.1) is 0 Å². The molecule has 1 heterocycles. The molecule has 0 spiro atoms. The number of hydrogen-bond acceptors (Lipinski definition) is 4. The van der Waals surface area contributed by atoms with Crippen molar-refractivity contribution in [3.8, 4) is 6.19 Å². The Morgan fingerprint density at radius 1 is 1.31 bits per heavy atom. The second-order valence-corrected chi connectivity index (χ2v) is 6.28. The van der Waals surface area contributed by atoms with Crippen LogP contribution in [0.1, 0.15) is 23.2 Å². The summed E-state index contributed by atoms with van der Waals surface area (Å²) in [6.45, 7) is 0. The van der Waals surface area contributed by atoms with Crippen LogP contribution < -0.4 is 16.0 Å². The van der Waals surface area contributed by atoms with E-state index in [-0.39, 0.29) is 17.8 Å². The number of carbonyl (C=O) groups is 1. The molecular formula is C18H17ClN6O. The quantitative estimate of drug-likeness (QED) is 0.326. The van der Waals surface area contributed by atoms with E-state index in [0.29, 0.717) is 16.3 Å². The summed E-state index contributed by atoms with van der Waals surface area (Å²) >= 11 is 5.86. The first kappa shape index (κ1) is 17.7. The Hall–Kier alpha value is -3.11. The molecule has 1 fully saturated rings. The summed E-state index contributed by atoms with van der Waals surface area (Å²) in [5.74, 6) is 0.270. The molecule has 3 rings (SSSR count). The predicted octanol–water partition coefficient (Wildman–Crippen LogP) is 2.74. The molecule has 1 aromatic heterocycles. The summed E-state index contributed by atoms with van der Waals surface area (Å²) in [5.41, 5.74) is 1.19. The van der Waals surface area contributed by atoms with Crippen LogP contribution >= 0.6 is 11.6 Å². The van der Waals surface area contributed by atoms with Gasteiger partial charge in [-0.25, -0.2) is 4.99 Å². The van der Waals surface area contributed by atoms with Crippen LogP contribution in [0.15, 0.2) is 53.8 Å². The molecule has 1 amide bonds. The van der Waals surface area contributed by atoms with Crippen molar-refractivity contribution >= 4 is 29.2 Å². The number of nitriles is 1. The Morgan fingerprint density at radius 2 is 2.08 bits per heavy atom. The van der Waals surface area contributed by atoms with Crippen LogP contribution in [0.5, 0.6) is 0 Å². The van der Waals surface area contributed by atoms with E-state index in [1.165, 1.54) is 0 Å². The highest BCUT2D eigenvalue weighted by Gasteiger charge is 2.33. The topological polar surface area (TPSA) is 102 Å². The maximum absolute atomic E-state index is 12.5. The van der Waals surface area contributed by atoms with Crippen molar-refractivity contribution in [2.45, 2.75) is 19.0 Å². The summed E-state index contributed by atoms with van der Waals surface area (Å²) in [6, 6.07) is 10.2. The summed E-state index contributed by atoms with van der Waals surface area (Å²) < 4.78 is 0. The van der Waals surface area contributed by atoms with Crippen molar-refractivity contribution in [1.29, 1.82) is 5.26 Å². The van der Waals surface area contributed by atoms with E-state index < -0.39 is 6.17 Å². The van der Waals surface area contributed by atoms with Crippen LogP contribution in [0, 0.1) is 17.4 Å². The fourth-order valence-corrected chi connectivity index (χ4v) is 2.47. The third-order valence-electron chi connectivity index (χ3n) is 3.82. The predicted molar refractivity (Wildman–Crippen MR) is 99.5 cm³/mol. The first-order valence-corrected chi connectivity index (χ1v) is 8.50. The molecule has 1 aliphatic rings. The van der Waals surface area contributed by atoms with Crippen molar-refractivity contribution in [2.24, 2.45) is 10.9 Å². The lowest BCUT2D eigenvalue weighted by molar-refractivity contribution is 0.0934. The SMILES string of the molecule is N#CN/C(=N\C(NC(=O)c1ccc(Cl)cc1)C1CC1)Nc1cccnc1. The molecule has 132 valence electrons. The number of rotatable bonds is 5. The van der Waals surface area contributed by atoms with E-state index in [1.807, 2.05) is 6.19 Å². The Morgan fingerprint density at radius 3 is 2.69 bits per heavy atom. The van der Waals surface area contributed by atoms with Gasteiger partial charge in [-0.2, -0.15) is 5.26 Å². The first-order valence-electron chi connectivity index (χ1n) is 8.12. The van der Waals surface area contributed by atoms with Crippen molar-refractivity contribution < 1.29 is 4.79 Å². The van der Waals surface area contributed by atoms with Gasteiger partial charge < -0.3 is 10.6 Å². The number of nitrogens with one attached hydrogen (secondary N) is 3. The van der Waals surface area contributed by atoms with Gasteiger partial charge >= 0.3 is 0 Å². The van der Waals surface area contributed by atoms with E-state index in [4.69, 9.17) is 16.9 Å². The van der Waals surface area contributed by atoms with Crippen LogP contribution in [0.3, 0.4) is 0 Å². The van der Waals surface area contributed by atoms with Gasteiger partial charge in [-0.1, -0.05) is 11.6 Å². The number of halogens is 1. The molecule has 26 heavy (non-hydrogen) atoms. The summed E-state index contributed by atoms with van der Waals surface area (Å²) in [7, 11) is 0. The number of amides is 1. The van der Waals surface area contributed by atoms with Crippen LogP contribution in [-0.4, -0.2) is 23.0 Å². The monoisotopic (exact) mass is 368 g/mol. The number of aromatic nitrogens is 1. The van der Waals surface area contributed by atoms with E-state index in [0.717, 1.165) is 12.8 Å². The summed E-state index contributed by atoms with van der Waals surface area (Å²) in [4.78, 5) is 21.0. The zero-order valence-corrected chi connectivity index (χ0v) is 14.6. The molecule has 7 nitrogen and oxygen atoms in total. The van der Waals surface area contributed by atoms with Crippen molar-refractivity contribution in [1.82, 2.24) is 15.6 Å². The zero-order valence-electron chi connectivity index (χ0n) is 13.8. The number of aliphatic imine (C=N–C) groups is 1. The molecule has 0 aliphatic heterocycles. The molecule has 3 N–H and O–H groups in total. The molecule has 1 unspecified atom stereocenters. The fraction of sp³-hybridized carbons (Fsp3) is 0.222. The average molecular weight is 369 g/mol. The number of pyridine rings is 1. The highest BCUT2D eigenvalue weighted by molar-refractivity contribution is 6.30. The smallest absolute Gasteiger partial charge is 0.252 e. The highest BCUT2D eigenvalue weighted by Crippen LogP contribution is 2.33. The van der Waals surface area contributed by atoms with Crippen molar-refractivity contribution in [3.05, 3.63) is 59.4 Å². The van der Waals surface area contributed by atoms with Crippen LogP contribution in [0.2, 0.25) is 5.02 Å². The van der Waals surface area contributed by atoms with E-state index in [2.05, 4.69) is 25.9 Å². The Kier molecular flexibility index (Phi) is 5.66. The van der Waals surface area contributed by atoms with E-state index in [1.54, 1.807) is 48.8 Å². The minimum Gasteiger partial charge on any atom is -0.330 e. The second kappa shape index (κ2) is 8.32. The molecule has 0 radical (unpaired) electrons. The van der Waals surface area contributed by atoms with Gasteiger partial charge in [0.2, 0.25) is 5.96 Å². The van der Waals surface area contributed by atoms with Crippen molar-refractivity contribution in [2.75, 3.05) is 5.32 Å². The molecule has 1 aliphatic carbocycles. The van der Waals surface area contributed by atoms with E-state index >= 15 is 0 Å². The lowest BCUT2D eigenvalue weighted by Gasteiger charge is -2.16. The number of carbonyl (C=O) groups excluding carboxylic acids is 1. The van der Waals surface area contributed by atoms with Crippen LogP contribution in [0.25, 0.3) is 0 Å². The minimum absolute atomic E-state index is 0.236. The van der Waals surface area contributed by atoms with Crippen LogP contribution in [0.4, 0.5) is 5.69 Å². The normalized spacial score (nSPS) is 14.8. The molecule has 8 heteroatoms. The number of guanidine groups is 1. The van der Waals surface area contributed by atoms with Gasteiger partial charge in [0.05, 0.1) is 11.9 Å². The molecule has 0 bridgehead atoms. The number of anilines is 1. The van der Waals surface area contributed by atoms with Crippen LogP contribution in [-0.2, 0) is 0 Å². The van der Waals surface area contributed by atoms with Gasteiger partial charge in [0.1, 0.15) is 6.17 Å². The summed E-state index contributed by atoms with van der Waals surface area (Å²) in [5, 5.41) is 18.0. The van der Waals surface area contributed by atoms with Crippen molar-refractivity contribution in [3.63, 3.8) is 0 Å². The molecule has 2 aromatic rings.